The van der Waals surface area contributed by atoms with Crippen molar-refractivity contribution in [1.82, 2.24) is 19.8 Å². The van der Waals surface area contributed by atoms with Crippen LogP contribution in [0.5, 0.6) is 23.0 Å². The van der Waals surface area contributed by atoms with E-state index in [0.717, 1.165) is 67.6 Å². The number of nitrogens with zero attached hydrogens (tertiary/aromatic N) is 4. The number of benzene rings is 2. The van der Waals surface area contributed by atoms with Gasteiger partial charge in [0.1, 0.15) is 24.9 Å². The van der Waals surface area contributed by atoms with Crippen molar-refractivity contribution in [3.63, 3.8) is 0 Å². The summed E-state index contributed by atoms with van der Waals surface area (Å²) >= 11 is 0. The molecule has 0 spiro atoms. The maximum absolute atomic E-state index is 10.7. The zero-order valence-electron chi connectivity index (χ0n) is 24.5. The zero-order chi connectivity index (χ0) is 27.3. The van der Waals surface area contributed by atoms with Crippen molar-refractivity contribution in [2.45, 2.75) is 51.2 Å². The van der Waals surface area contributed by atoms with Gasteiger partial charge in [-0.25, -0.2) is 9.97 Å². The van der Waals surface area contributed by atoms with Gasteiger partial charge >= 0.3 is 0 Å². The number of aromatic nitrogens is 2. The van der Waals surface area contributed by atoms with Crippen LogP contribution >= 0.6 is 37.2 Å². The van der Waals surface area contributed by atoms with Gasteiger partial charge < -0.3 is 39.2 Å². The van der Waals surface area contributed by atoms with Gasteiger partial charge in [0.05, 0.1) is 17.8 Å². The monoisotopic (exact) mass is 657 g/mol. The molecular formula is C30H42Cl3N5O5. The third-order valence-electron chi connectivity index (χ3n) is 7.80. The van der Waals surface area contributed by atoms with Crippen molar-refractivity contribution in [1.29, 1.82) is 0 Å². The Kier molecular flexibility index (Phi) is 13.5. The van der Waals surface area contributed by atoms with Gasteiger partial charge in [-0.15, -0.1) is 37.2 Å². The van der Waals surface area contributed by atoms with Crippen LogP contribution in [-0.2, 0) is 6.54 Å². The van der Waals surface area contributed by atoms with Gasteiger partial charge in [0.15, 0.2) is 23.0 Å². The van der Waals surface area contributed by atoms with Crippen LogP contribution in [-0.4, -0.2) is 84.2 Å². The molecule has 3 aliphatic rings. The molecule has 2 N–H and O–H groups in total. The predicted molar refractivity (Wildman–Crippen MR) is 175 cm³/mol. The number of hydrogen-bond acceptors (Lipinski definition) is 10. The van der Waals surface area contributed by atoms with Crippen LogP contribution in [0, 0.1) is 0 Å². The molecule has 10 nitrogen and oxygen atoms in total. The van der Waals surface area contributed by atoms with Crippen molar-refractivity contribution in [2.24, 2.45) is 0 Å². The summed E-state index contributed by atoms with van der Waals surface area (Å²) in [5, 5.41) is 15.1. The van der Waals surface area contributed by atoms with E-state index in [-0.39, 0.29) is 50.6 Å². The molecule has 6 rings (SSSR count). The van der Waals surface area contributed by atoms with Crippen LogP contribution in [0.25, 0.3) is 10.9 Å². The Balaban J connectivity index is 0.00000169. The average Bonchev–Trinajstić information content (AvgIpc) is 3.44. The number of hydrogen-bond donors (Lipinski definition) is 2. The molecule has 0 aliphatic carbocycles. The van der Waals surface area contributed by atoms with E-state index in [1.807, 2.05) is 18.2 Å². The van der Waals surface area contributed by atoms with Gasteiger partial charge in [-0.3, -0.25) is 0 Å². The fourth-order valence-electron chi connectivity index (χ4n) is 5.68. The highest BCUT2D eigenvalue weighted by molar-refractivity contribution is 5.94. The number of nitrogens with one attached hydrogen (secondary N) is 1. The molecule has 4 heterocycles. The second-order valence-electron chi connectivity index (χ2n) is 11.0. The Morgan fingerprint density at radius 3 is 2.56 bits per heavy atom. The van der Waals surface area contributed by atoms with E-state index in [2.05, 4.69) is 38.2 Å². The maximum Gasteiger partial charge on any atom is 0.231 e. The number of halogens is 3. The van der Waals surface area contributed by atoms with E-state index in [4.69, 9.17) is 18.9 Å². The number of anilines is 2. The number of aliphatic hydroxyl groups is 1. The Labute approximate surface area is 271 Å². The van der Waals surface area contributed by atoms with Crippen molar-refractivity contribution in [3.8, 4) is 23.0 Å². The molecule has 238 valence electrons. The smallest absolute Gasteiger partial charge is 0.231 e. The van der Waals surface area contributed by atoms with Crippen LogP contribution < -0.4 is 24.3 Å². The van der Waals surface area contributed by atoms with Crippen molar-refractivity contribution in [2.75, 3.05) is 58.6 Å². The lowest BCUT2D eigenvalue weighted by Crippen LogP contribution is -2.38. The number of rotatable bonds is 5. The van der Waals surface area contributed by atoms with Crippen LogP contribution in [0.2, 0.25) is 0 Å². The molecule has 43 heavy (non-hydrogen) atoms. The highest BCUT2D eigenvalue weighted by atomic mass is 35.5. The summed E-state index contributed by atoms with van der Waals surface area (Å²) in [6.07, 6.45) is 7.68. The first kappa shape index (κ1) is 35.0. The Morgan fingerprint density at radius 1 is 0.930 bits per heavy atom. The Bertz CT molecular complexity index is 1330. The van der Waals surface area contributed by atoms with Gasteiger partial charge in [0, 0.05) is 24.5 Å². The Hall–Kier alpha value is -2.47. The molecule has 13 heteroatoms. The van der Waals surface area contributed by atoms with E-state index >= 15 is 0 Å². The first-order valence-electron chi connectivity index (χ1n) is 14.5. The Morgan fingerprint density at radius 2 is 1.72 bits per heavy atom. The van der Waals surface area contributed by atoms with Crippen LogP contribution in [0.15, 0.2) is 30.6 Å². The molecule has 3 aliphatic heterocycles. The minimum atomic E-state index is -0.580. The molecule has 2 aromatic carbocycles. The van der Waals surface area contributed by atoms with Crippen molar-refractivity contribution in [3.05, 3.63) is 36.2 Å². The number of ether oxygens (including phenoxy) is 4. The van der Waals surface area contributed by atoms with Gasteiger partial charge in [-0.05, 0) is 76.5 Å². The number of piperidine rings is 1. The predicted octanol–water partition coefficient (Wildman–Crippen LogP) is 5.59. The molecule has 1 saturated heterocycles. The largest absolute Gasteiger partial charge is 0.490 e. The number of likely N-dealkylation sites (tertiary alicyclic amines) is 1. The first-order valence-corrected chi connectivity index (χ1v) is 14.5. The standard InChI is InChI=1S/C30H39N5O5.3ClH/c1-34-10-4-3-7-13-37-26-14-23-24(15-27(26)38-18-22(36)17-35-11-5-2-6-12-35)31-19-32-30(23)33-28-21(16-34)8-9-25-29(28)40-20-39-25;;;/h8-9,14-15,19,22,36H,2-7,10-13,16-18,20H2,1H3,(H,31,32,33);3*1H/t22-;;;/m0.../s1. The third-order valence-corrected chi connectivity index (χ3v) is 7.80. The topological polar surface area (TPSA) is 101 Å². The summed E-state index contributed by atoms with van der Waals surface area (Å²) in [6.45, 7) is 5.39. The third kappa shape index (κ3) is 8.59. The highest BCUT2D eigenvalue weighted by Crippen LogP contribution is 2.44. The van der Waals surface area contributed by atoms with E-state index in [9.17, 15) is 5.11 Å². The zero-order valence-corrected chi connectivity index (χ0v) is 26.9. The summed E-state index contributed by atoms with van der Waals surface area (Å²) in [6, 6.07) is 7.88. The summed E-state index contributed by atoms with van der Waals surface area (Å²) in [7, 11) is 2.14. The molecule has 0 unspecified atom stereocenters. The number of fused-ring (bicyclic) bond motifs is 4. The van der Waals surface area contributed by atoms with E-state index in [1.165, 1.54) is 19.3 Å². The normalized spacial score (nSPS) is 17.9. The van der Waals surface area contributed by atoms with Gasteiger partial charge in [-0.1, -0.05) is 12.5 Å². The molecule has 1 aromatic heterocycles. The van der Waals surface area contributed by atoms with Crippen LogP contribution in [0.4, 0.5) is 11.5 Å². The molecule has 3 aromatic rings. The first-order chi connectivity index (χ1) is 19.6. The molecule has 0 saturated carbocycles. The summed E-state index contributed by atoms with van der Waals surface area (Å²) in [5.74, 6) is 3.26. The summed E-state index contributed by atoms with van der Waals surface area (Å²) < 4.78 is 24.0. The maximum atomic E-state index is 10.7. The van der Waals surface area contributed by atoms with Crippen LogP contribution in [0.1, 0.15) is 44.1 Å². The summed E-state index contributed by atoms with van der Waals surface area (Å²) in [5.41, 5.74) is 2.67. The molecule has 1 atom stereocenters. The van der Waals surface area contributed by atoms with E-state index in [1.54, 1.807) is 6.33 Å². The lowest BCUT2D eigenvalue weighted by atomic mass is 10.1. The molecule has 1 fully saturated rings. The SMILES string of the molecule is CN1CCCCCOc2cc3c(ncnc3cc2OC[C@@H](O)CN2CCCCC2)Nc2c(ccc3c2OCO3)C1.Cl.Cl.Cl. The average molecular weight is 659 g/mol. The molecule has 0 radical (unpaired) electrons. The van der Waals surface area contributed by atoms with Crippen molar-refractivity contribution < 1.29 is 24.1 Å². The number of β-amino-alcohol motifs (C(OH)–C–C–N with tert-alkyl or cyclic N) is 1. The lowest BCUT2D eigenvalue weighted by Gasteiger charge is -2.28. The van der Waals surface area contributed by atoms with Crippen LogP contribution in [0.3, 0.4) is 0 Å². The second-order valence-corrected chi connectivity index (χ2v) is 11.0. The fraction of sp³-hybridized carbons (Fsp3) is 0.533. The lowest BCUT2D eigenvalue weighted by molar-refractivity contribution is 0.0606. The minimum Gasteiger partial charge on any atom is -0.490 e. The summed E-state index contributed by atoms with van der Waals surface area (Å²) in [4.78, 5) is 13.8. The van der Waals surface area contributed by atoms with E-state index < -0.39 is 6.10 Å². The van der Waals surface area contributed by atoms with E-state index in [0.29, 0.717) is 42.0 Å². The van der Waals surface area contributed by atoms with Crippen molar-refractivity contribution >= 4 is 59.6 Å². The molecule has 2 bridgehead atoms. The second kappa shape index (κ2) is 16.6. The molecular weight excluding hydrogens is 617 g/mol. The quantitative estimate of drug-likeness (QED) is 0.361. The minimum absolute atomic E-state index is 0. The van der Waals surface area contributed by atoms with Gasteiger partial charge in [-0.2, -0.15) is 0 Å². The van der Waals surface area contributed by atoms with Gasteiger partial charge in [0.2, 0.25) is 6.79 Å². The number of aliphatic hydroxyl groups excluding tert-OH is 1. The highest BCUT2D eigenvalue weighted by Gasteiger charge is 2.24. The fourth-order valence-corrected chi connectivity index (χ4v) is 5.68. The molecule has 0 amide bonds. The van der Waals surface area contributed by atoms with Gasteiger partial charge in [0.25, 0.3) is 0 Å².